The van der Waals surface area contributed by atoms with Gasteiger partial charge in [0.2, 0.25) is 0 Å². The molecule has 0 saturated heterocycles. The van der Waals surface area contributed by atoms with Crippen LogP contribution in [0.5, 0.6) is 5.75 Å². The zero-order valence-electron chi connectivity index (χ0n) is 9.54. The van der Waals surface area contributed by atoms with E-state index in [0.717, 1.165) is 11.3 Å². The van der Waals surface area contributed by atoms with Gasteiger partial charge in [0.1, 0.15) is 5.75 Å². The molecule has 0 saturated carbocycles. The molecule has 0 bridgehead atoms. The molecule has 15 heavy (non-hydrogen) atoms. The van der Waals surface area contributed by atoms with E-state index in [4.69, 9.17) is 16.3 Å². The number of rotatable bonds is 4. The number of nitrogens with zero attached hydrogens (tertiary/aromatic N) is 1. The van der Waals surface area contributed by atoms with Gasteiger partial charge in [-0.25, -0.2) is 0 Å². The minimum Gasteiger partial charge on any atom is -0.497 e. The third-order valence-corrected chi connectivity index (χ3v) is 2.62. The molecule has 0 aliphatic carbocycles. The van der Waals surface area contributed by atoms with Gasteiger partial charge in [-0.15, -0.1) is 0 Å². The normalized spacial score (nSPS) is 12.9. The minimum absolute atomic E-state index is 0.114. The fourth-order valence-corrected chi connectivity index (χ4v) is 1.82. The van der Waals surface area contributed by atoms with E-state index >= 15 is 0 Å². The fourth-order valence-electron chi connectivity index (χ4n) is 1.55. The van der Waals surface area contributed by atoms with Gasteiger partial charge in [0.05, 0.1) is 18.3 Å². The van der Waals surface area contributed by atoms with Crippen LogP contribution < -0.4 is 10.1 Å². The molecule has 0 aromatic heterocycles. The summed E-state index contributed by atoms with van der Waals surface area (Å²) >= 11 is 6.18. The lowest BCUT2D eigenvalue weighted by Crippen LogP contribution is -2.30. The smallest absolute Gasteiger partial charge is 0.120 e. The van der Waals surface area contributed by atoms with Crippen LogP contribution in [0.15, 0.2) is 18.2 Å². The highest BCUT2D eigenvalue weighted by Crippen LogP contribution is 2.27. The van der Waals surface area contributed by atoms with Gasteiger partial charge in [-0.3, -0.25) is 4.90 Å². The number of hydrogen-bond acceptors (Lipinski definition) is 3. The highest BCUT2D eigenvalue weighted by Gasteiger charge is 2.14. The van der Waals surface area contributed by atoms with Crippen molar-refractivity contribution in [3.63, 3.8) is 0 Å². The fraction of sp³-hybridized carbons (Fsp3) is 0.455. The van der Waals surface area contributed by atoms with Crippen molar-refractivity contribution in [3.8, 4) is 5.75 Å². The molecule has 1 aromatic rings. The molecule has 1 rings (SSSR count). The molecule has 4 heteroatoms. The molecule has 3 nitrogen and oxygen atoms in total. The number of nitrogens with one attached hydrogen (secondary N) is 1. The van der Waals surface area contributed by atoms with Gasteiger partial charge < -0.3 is 10.1 Å². The van der Waals surface area contributed by atoms with E-state index in [2.05, 4.69) is 10.2 Å². The topological polar surface area (TPSA) is 24.5 Å². The van der Waals surface area contributed by atoms with Gasteiger partial charge >= 0.3 is 0 Å². The molecule has 0 fully saturated rings. The molecule has 0 aliphatic rings. The zero-order valence-corrected chi connectivity index (χ0v) is 10.3. The van der Waals surface area contributed by atoms with Crippen molar-refractivity contribution in [2.75, 3.05) is 28.3 Å². The van der Waals surface area contributed by atoms with Crippen LogP contribution >= 0.6 is 11.6 Å². The first-order chi connectivity index (χ1) is 7.10. The standard InChI is InChI=1S/C11H17ClN2O/c1-13-11(14(2)3)9-6-5-8(15-4)7-10(9)12/h5-7,11,13H,1-4H3. The summed E-state index contributed by atoms with van der Waals surface area (Å²) in [7, 11) is 7.54. The molecule has 0 aliphatic heterocycles. The van der Waals surface area contributed by atoms with Crippen molar-refractivity contribution in [3.05, 3.63) is 28.8 Å². The molecule has 1 atom stereocenters. The van der Waals surface area contributed by atoms with E-state index < -0.39 is 0 Å². The predicted octanol–water partition coefficient (Wildman–Crippen LogP) is 2.13. The Hall–Kier alpha value is -0.770. The lowest BCUT2D eigenvalue weighted by atomic mass is 10.1. The largest absolute Gasteiger partial charge is 0.497 e. The summed E-state index contributed by atoms with van der Waals surface area (Å²) in [5, 5.41) is 3.91. The number of methoxy groups -OCH3 is 1. The average Bonchev–Trinajstić information content (AvgIpc) is 2.20. The number of halogens is 1. The molecular weight excluding hydrogens is 212 g/mol. The third kappa shape index (κ3) is 2.84. The van der Waals surface area contributed by atoms with Gasteiger partial charge in [0.25, 0.3) is 0 Å². The Labute approximate surface area is 96.0 Å². The monoisotopic (exact) mass is 228 g/mol. The maximum atomic E-state index is 6.18. The highest BCUT2D eigenvalue weighted by molar-refractivity contribution is 6.31. The van der Waals surface area contributed by atoms with Gasteiger partial charge in [-0.05, 0) is 33.3 Å². The molecule has 0 heterocycles. The average molecular weight is 229 g/mol. The van der Waals surface area contributed by atoms with Crippen molar-refractivity contribution < 1.29 is 4.74 Å². The number of ether oxygens (including phenoxy) is 1. The molecule has 1 aromatic carbocycles. The molecule has 0 amide bonds. The third-order valence-electron chi connectivity index (χ3n) is 2.29. The van der Waals surface area contributed by atoms with Crippen LogP contribution in [-0.2, 0) is 0 Å². The minimum atomic E-state index is 0.114. The summed E-state index contributed by atoms with van der Waals surface area (Å²) in [6, 6.07) is 5.71. The summed E-state index contributed by atoms with van der Waals surface area (Å²) in [6.45, 7) is 0. The Morgan fingerprint density at radius 1 is 1.40 bits per heavy atom. The van der Waals surface area contributed by atoms with E-state index in [1.165, 1.54) is 0 Å². The summed E-state index contributed by atoms with van der Waals surface area (Å²) in [4.78, 5) is 2.06. The second-order valence-corrected chi connectivity index (χ2v) is 3.95. The van der Waals surface area contributed by atoms with E-state index in [-0.39, 0.29) is 6.17 Å². The van der Waals surface area contributed by atoms with Crippen molar-refractivity contribution in [2.24, 2.45) is 0 Å². The first-order valence-corrected chi connectivity index (χ1v) is 5.15. The van der Waals surface area contributed by atoms with Crippen LogP contribution in [0.1, 0.15) is 11.7 Å². The van der Waals surface area contributed by atoms with E-state index in [9.17, 15) is 0 Å². The molecule has 0 radical (unpaired) electrons. The van der Waals surface area contributed by atoms with Crippen LogP contribution in [0.2, 0.25) is 5.02 Å². The predicted molar refractivity (Wildman–Crippen MR) is 63.5 cm³/mol. The Bertz CT molecular complexity index is 328. The van der Waals surface area contributed by atoms with Gasteiger partial charge in [-0.1, -0.05) is 17.7 Å². The van der Waals surface area contributed by atoms with Crippen LogP contribution in [0.4, 0.5) is 0 Å². The Morgan fingerprint density at radius 3 is 2.47 bits per heavy atom. The summed E-state index contributed by atoms with van der Waals surface area (Å²) < 4.78 is 5.11. The molecule has 1 N–H and O–H groups in total. The van der Waals surface area contributed by atoms with Crippen molar-refractivity contribution in [1.82, 2.24) is 10.2 Å². The van der Waals surface area contributed by atoms with Crippen molar-refractivity contribution >= 4 is 11.6 Å². The van der Waals surface area contributed by atoms with Crippen LogP contribution in [0, 0.1) is 0 Å². The number of benzene rings is 1. The summed E-state index contributed by atoms with van der Waals surface area (Å²) in [5.41, 5.74) is 1.05. The lowest BCUT2D eigenvalue weighted by molar-refractivity contribution is 0.264. The summed E-state index contributed by atoms with van der Waals surface area (Å²) in [5.74, 6) is 0.775. The van der Waals surface area contributed by atoms with E-state index in [0.29, 0.717) is 5.02 Å². The SMILES string of the molecule is CNC(c1ccc(OC)cc1Cl)N(C)C. The van der Waals surface area contributed by atoms with Gasteiger partial charge in [-0.2, -0.15) is 0 Å². The van der Waals surface area contributed by atoms with Gasteiger partial charge in [0, 0.05) is 5.56 Å². The van der Waals surface area contributed by atoms with E-state index in [1.54, 1.807) is 7.11 Å². The molecule has 1 unspecified atom stereocenters. The van der Waals surface area contributed by atoms with Crippen LogP contribution in [-0.4, -0.2) is 33.2 Å². The van der Waals surface area contributed by atoms with Gasteiger partial charge in [0.15, 0.2) is 0 Å². The Kier molecular flexibility index (Phi) is 4.39. The van der Waals surface area contributed by atoms with Crippen LogP contribution in [0.3, 0.4) is 0 Å². The second kappa shape index (κ2) is 5.35. The first kappa shape index (κ1) is 12.3. The van der Waals surface area contributed by atoms with E-state index in [1.807, 2.05) is 39.3 Å². The maximum absolute atomic E-state index is 6.18. The van der Waals surface area contributed by atoms with Crippen molar-refractivity contribution in [2.45, 2.75) is 6.17 Å². The molecular formula is C11H17ClN2O. The van der Waals surface area contributed by atoms with Crippen molar-refractivity contribution in [1.29, 1.82) is 0 Å². The summed E-state index contributed by atoms with van der Waals surface area (Å²) in [6.07, 6.45) is 0.114. The lowest BCUT2D eigenvalue weighted by Gasteiger charge is -2.25. The quantitative estimate of drug-likeness (QED) is 0.800. The first-order valence-electron chi connectivity index (χ1n) is 4.77. The molecule has 0 spiro atoms. The number of hydrogen-bond donors (Lipinski definition) is 1. The maximum Gasteiger partial charge on any atom is 0.120 e. The Morgan fingerprint density at radius 2 is 2.07 bits per heavy atom. The van der Waals surface area contributed by atoms with Crippen LogP contribution in [0.25, 0.3) is 0 Å². The zero-order chi connectivity index (χ0) is 11.4. The second-order valence-electron chi connectivity index (χ2n) is 3.54. The highest BCUT2D eigenvalue weighted by atomic mass is 35.5. The molecule has 84 valence electrons. The Balaban J connectivity index is 3.03.